The monoisotopic (exact) mass is 492 g/mol. The maximum absolute atomic E-state index is 13.7. The summed E-state index contributed by atoms with van der Waals surface area (Å²) in [6.45, 7) is 8.41. The molecule has 2 aliphatic rings. The first-order chi connectivity index (χ1) is 16.9. The number of hydrogen-bond donors (Lipinski definition) is 0. The van der Waals surface area contributed by atoms with Crippen LogP contribution in [0.25, 0.3) is 10.2 Å². The number of fused-ring (bicyclic) bond motifs is 1. The molecule has 2 fully saturated rings. The van der Waals surface area contributed by atoms with Gasteiger partial charge in [-0.1, -0.05) is 17.4 Å². The third kappa shape index (κ3) is 4.71. The second-order valence-electron chi connectivity index (χ2n) is 8.93. The Morgan fingerprint density at radius 3 is 2.40 bits per heavy atom. The second kappa shape index (κ2) is 9.85. The molecule has 2 saturated heterocycles. The number of benzene rings is 2. The molecule has 0 atom stereocenters. The Labute approximate surface area is 208 Å². The van der Waals surface area contributed by atoms with Crippen molar-refractivity contribution in [1.82, 2.24) is 9.88 Å². The van der Waals surface area contributed by atoms with Gasteiger partial charge in [0, 0.05) is 44.6 Å². The number of amides is 3. The van der Waals surface area contributed by atoms with Gasteiger partial charge in [-0.05, 0) is 55.3 Å². The average molecular weight is 493 g/mol. The van der Waals surface area contributed by atoms with Gasteiger partial charge in [-0.2, -0.15) is 0 Å². The van der Waals surface area contributed by atoms with E-state index in [4.69, 9.17) is 9.72 Å². The molecular formula is C26H28N4O4S. The van der Waals surface area contributed by atoms with Gasteiger partial charge in [0.05, 0.1) is 29.1 Å². The van der Waals surface area contributed by atoms with E-state index >= 15 is 0 Å². The van der Waals surface area contributed by atoms with Crippen molar-refractivity contribution in [1.29, 1.82) is 0 Å². The van der Waals surface area contributed by atoms with E-state index < -0.39 is 0 Å². The van der Waals surface area contributed by atoms with Crippen LogP contribution >= 0.6 is 11.3 Å². The fourth-order valence-electron chi connectivity index (χ4n) is 4.45. The van der Waals surface area contributed by atoms with Gasteiger partial charge in [0.15, 0.2) is 5.13 Å². The molecule has 8 nitrogen and oxygen atoms in total. The topological polar surface area (TPSA) is 83.0 Å². The van der Waals surface area contributed by atoms with E-state index in [1.165, 1.54) is 21.8 Å². The number of carbonyl (C=O) groups excluding carboxylic acids is 3. The molecule has 5 rings (SSSR count). The van der Waals surface area contributed by atoms with Crippen LogP contribution in [-0.2, 0) is 14.3 Å². The van der Waals surface area contributed by atoms with E-state index in [9.17, 15) is 14.4 Å². The molecule has 35 heavy (non-hydrogen) atoms. The fourth-order valence-corrected chi connectivity index (χ4v) is 5.50. The molecule has 0 aliphatic carbocycles. The van der Waals surface area contributed by atoms with Crippen molar-refractivity contribution in [3.05, 3.63) is 53.1 Å². The minimum absolute atomic E-state index is 0.155. The molecule has 1 aromatic heterocycles. The number of hydrogen-bond acceptors (Lipinski definition) is 7. The van der Waals surface area contributed by atoms with Gasteiger partial charge < -0.3 is 4.74 Å². The molecule has 2 aliphatic heterocycles. The molecule has 9 heteroatoms. The number of aromatic nitrogens is 1. The Morgan fingerprint density at radius 1 is 1.03 bits per heavy atom. The minimum atomic E-state index is -0.207. The quantitative estimate of drug-likeness (QED) is 0.490. The first kappa shape index (κ1) is 23.6. The van der Waals surface area contributed by atoms with Crippen molar-refractivity contribution in [2.45, 2.75) is 26.7 Å². The van der Waals surface area contributed by atoms with Gasteiger partial charge in [-0.25, -0.2) is 4.98 Å². The van der Waals surface area contributed by atoms with Crippen molar-refractivity contribution in [3.63, 3.8) is 0 Å². The molecule has 0 bridgehead atoms. The highest BCUT2D eigenvalue weighted by atomic mass is 32.1. The van der Waals surface area contributed by atoms with Crippen molar-refractivity contribution < 1.29 is 19.1 Å². The highest BCUT2D eigenvalue weighted by molar-refractivity contribution is 7.22. The summed E-state index contributed by atoms with van der Waals surface area (Å²) in [5, 5.41) is 0.668. The molecule has 0 saturated carbocycles. The van der Waals surface area contributed by atoms with Crippen molar-refractivity contribution in [2.75, 3.05) is 49.2 Å². The van der Waals surface area contributed by atoms with Crippen LogP contribution in [0, 0.1) is 13.8 Å². The lowest BCUT2D eigenvalue weighted by Crippen LogP contribution is -2.43. The maximum atomic E-state index is 13.7. The fraction of sp³-hybridized carbons (Fsp3) is 0.385. The van der Waals surface area contributed by atoms with Crippen LogP contribution < -0.4 is 9.80 Å². The normalized spacial score (nSPS) is 16.9. The molecule has 0 spiro atoms. The summed E-state index contributed by atoms with van der Waals surface area (Å²) in [5.41, 5.74) is 4.20. The van der Waals surface area contributed by atoms with E-state index in [0.29, 0.717) is 36.1 Å². The predicted molar refractivity (Wildman–Crippen MR) is 136 cm³/mol. The zero-order valence-electron chi connectivity index (χ0n) is 20.0. The lowest BCUT2D eigenvalue weighted by atomic mass is 10.1. The molecule has 3 heterocycles. The Kier molecular flexibility index (Phi) is 6.64. The summed E-state index contributed by atoms with van der Waals surface area (Å²) in [4.78, 5) is 48.0. The van der Waals surface area contributed by atoms with Crippen molar-refractivity contribution >= 4 is 50.1 Å². The Bertz CT molecular complexity index is 1260. The van der Waals surface area contributed by atoms with Crippen molar-refractivity contribution in [2.24, 2.45) is 0 Å². The van der Waals surface area contributed by atoms with Crippen LogP contribution in [0.3, 0.4) is 0 Å². The number of rotatable bonds is 6. The van der Waals surface area contributed by atoms with Crippen LogP contribution in [0.2, 0.25) is 0 Å². The summed E-state index contributed by atoms with van der Waals surface area (Å²) >= 11 is 1.52. The van der Waals surface area contributed by atoms with Crippen LogP contribution in [-0.4, -0.2) is 67.0 Å². The minimum Gasteiger partial charge on any atom is -0.379 e. The second-order valence-corrected chi connectivity index (χ2v) is 9.94. The average Bonchev–Trinajstić information content (AvgIpc) is 3.45. The van der Waals surface area contributed by atoms with Crippen LogP contribution in [0.4, 0.5) is 10.8 Å². The molecule has 2 aromatic carbocycles. The first-order valence-electron chi connectivity index (χ1n) is 11.9. The number of thiazole rings is 1. The van der Waals surface area contributed by atoms with E-state index in [2.05, 4.69) is 30.9 Å². The van der Waals surface area contributed by atoms with Crippen LogP contribution in [0.1, 0.15) is 34.3 Å². The number of anilines is 2. The SMILES string of the molecule is Cc1ccc2sc(N(CCN3CCOCC3)C(=O)c3ccc(N4C(=O)CCC4=O)cc3)nc2c1C. The molecule has 182 valence electrons. The van der Waals surface area contributed by atoms with Gasteiger partial charge in [0.1, 0.15) is 0 Å². The lowest BCUT2D eigenvalue weighted by Gasteiger charge is -2.29. The summed E-state index contributed by atoms with van der Waals surface area (Å²) in [6.07, 6.45) is 0.455. The smallest absolute Gasteiger partial charge is 0.260 e. The van der Waals surface area contributed by atoms with Gasteiger partial charge in [-0.3, -0.25) is 29.1 Å². The number of imide groups is 1. The standard InChI is InChI=1S/C26H28N4O4S/c1-17-3-8-21-24(18(17)2)27-26(35-21)29(12-11-28-13-15-34-16-14-28)25(33)19-4-6-20(7-5-19)30-22(31)9-10-23(30)32/h3-8H,9-16H2,1-2H3. The number of ether oxygens (including phenoxy) is 1. The molecule has 3 aromatic rings. The number of aryl methyl sites for hydroxylation is 2. The summed E-state index contributed by atoms with van der Waals surface area (Å²) in [7, 11) is 0. The predicted octanol–water partition coefficient (Wildman–Crippen LogP) is 3.55. The van der Waals surface area contributed by atoms with E-state index in [1.54, 1.807) is 29.2 Å². The number of carbonyl (C=O) groups is 3. The third-order valence-corrected chi connectivity index (χ3v) is 7.76. The lowest BCUT2D eigenvalue weighted by molar-refractivity contribution is -0.121. The Morgan fingerprint density at radius 2 is 1.71 bits per heavy atom. The molecule has 0 N–H and O–H groups in total. The first-order valence-corrected chi connectivity index (χ1v) is 12.7. The Hall–Kier alpha value is -3.14. The van der Waals surface area contributed by atoms with E-state index in [-0.39, 0.29) is 30.6 Å². The molecule has 0 unspecified atom stereocenters. The summed E-state index contributed by atoms with van der Waals surface area (Å²) in [6, 6.07) is 10.8. The van der Waals surface area contributed by atoms with Crippen molar-refractivity contribution in [3.8, 4) is 0 Å². The third-order valence-electron chi connectivity index (χ3n) is 6.72. The molecular weight excluding hydrogens is 464 g/mol. The Balaban J connectivity index is 1.44. The summed E-state index contributed by atoms with van der Waals surface area (Å²) < 4.78 is 6.51. The zero-order chi connectivity index (χ0) is 24.5. The summed E-state index contributed by atoms with van der Waals surface area (Å²) in [5.74, 6) is -0.569. The molecule has 0 radical (unpaired) electrons. The van der Waals surface area contributed by atoms with E-state index in [0.717, 1.165) is 35.4 Å². The zero-order valence-corrected chi connectivity index (χ0v) is 20.8. The highest BCUT2D eigenvalue weighted by Gasteiger charge is 2.30. The number of nitrogens with zero attached hydrogens (tertiary/aromatic N) is 4. The van der Waals surface area contributed by atoms with Crippen LogP contribution in [0.5, 0.6) is 0 Å². The van der Waals surface area contributed by atoms with E-state index in [1.807, 2.05) is 0 Å². The largest absolute Gasteiger partial charge is 0.379 e. The van der Waals surface area contributed by atoms with Gasteiger partial charge in [0.2, 0.25) is 11.8 Å². The van der Waals surface area contributed by atoms with Crippen LogP contribution in [0.15, 0.2) is 36.4 Å². The van der Waals surface area contributed by atoms with Gasteiger partial charge in [-0.15, -0.1) is 0 Å². The molecule has 3 amide bonds. The van der Waals surface area contributed by atoms with Gasteiger partial charge in [0.25, 0.3) is 5.91 Å². The maximum Gasteiger partial charge on any atom is 0.260 e. The number of morpholine rings is 1. The highest BCUT2D eigenvalue weighted by Crippen LogP contribution is 2.33. The van der Waals surface area contributed by atoms with Gasteiger partial charge >= 0.3 is 0 Å².